The third-order valence-corrected chi connectivity index (χ3v) is 2.66. The van der Waals surface area contributed by atoms with Crippen LogP contribution in [0.4, 0.5) is 13.2 Å². The quantitative estimate of drug-likeness (QED) is 0.735. The number of imidazole rings is 1. The molecule has 7 heteroatoms. The van der Waals surface area contributed by atoms with Crippen LogP contribution in [-0.2, 0) is 6.18 Å². The molecule has 0 bridgehead atoms. The number of halogens is 3. The first-order valence-electron chi connectivity index (χ1n) is 5.38. The van der Waals surface area contributed by atoms with Crippen LogP contribution in [0.3, 0.4) is 0 Å². The minimum atomic E-state index is -4.37. The first-order valence-corrected chi connectivity index (χ1v) is 5.38. The van der Waals surface area contributed by atoms with Gasteiger partial charge in [0.1, 0.15) is 11.3 Å². The number of alkyl halides is 3. The third kappa shape index (κ3) is 2.14. The summed E-state index contributed by atoms with van der Waals surface area (Å²) in [4.78, 5) is 7.09. The molecule has 0 spiro atoms. The Kier molecular flexibility index (Phi) is 2.48. The molecule has 2 aromatic heterocycles. The van der Waals surface area contributed by atoms with Gasteiger partial charge in [0.25, 0.3) is 0 Å². The van der Waals surface area contributed by atoms with Crippen LogP contribution in [0.25, 0.3) is 22.4 Å². The van der Waals surface area contributed by atoms with Gasteiger partial charge in [0.15, 0.2) is 0 Å². The summed E-state index contributed by atoms with van der Waals surface area (Å²) in [6, 6.07) is 4.99. The van der Waals surface area contributed by atoms with Gasteiger partial charge < -0.3 is 4.98 Å². The molecule has 0 aliphatic heterocycles. The Hall–Kier alpha value is -2.44. The molecule has 19 heavy (non-hydrogen) atoms. The molecule has 2 heterocycles. The molecule has 0 saturated heterocycles. The zero-order valence-electron chi connectivity index (χ0n) is 9.44. The third-order valence-electron chi connectivity index (χ3n) is 2.66. The Balaban J connectivity index is 2.11. The summed E-state index contributed by atoms with van der Waals surface area (Å²) >= 11 is 0. The van der Waals surface area contributed by atoms with Crippen molar-refractivity contribution in [3.63, 3.8) is 0 Å². The number of aromatic amines is 1. The van der Waals surface area contributed by atoms with Crippen LogP contribution in [0.15, 0.2) is 36.7 Å². The lowest BCUT2D eigenvalue weighted by Gasteiger charge is -2.07. The van der Waals surface area contributed by atoms with Crippen LogP contribution in [0.5, 0.6) is 0 Å². The van der Waals surface area contributed by atoms with Crippen molar-refractivity contribution < 1.29 is 13.2 Å². The maximum Gasteiger partial charge on any atom is 0.416 e. The van der Waals surface area contributed by atoms with E-state index in [2.05, 4.69) is 20.2 Å². The van der Waals surface area contributed by atoms with Gasteiger partial charge in [0.2, 0.25) is 0 Å². The van der Waals surface area contributed by atoms with Crippen LogP contribution >= 0.6 is 0 Å². The molecule has 0 atom stereocenters. The van der Waals surface area contributed by atoms with Crippen LogP contribution in [0.2, 0.25) is 0 Å². The lowest BCUT2D eigenvalue weighted by molar-refractivity contribution is -0.137. The zero-order chi connectivity index (χ0) is 13.5. The van der Waals surface area contributed by atoms with Gasteiger partial charge in [-0.3, -0.25) is 0 Å². The Morgan fingerprint density at radius 3 is 2.58 bits per heavy atom. The molecule has 1 aromatic carbocycles. The topological polar surface area (TPSA) is 54.5 Å². The molecule has 0 amide bonds. The second kappa shape index (κ2) is 4.04. The lowest BCUT2D eigenvalue weighted by Crippen LogP contribution is -2.04. The summed E-state index contributed by atoms with van der Waals surface area (Å²) in [5.41, 5.74) is 0.845. The molecule has 0 fully saturated rings. The average molecular weight is 264 g/mol. The molecule has 0 aliphatic rings. The lowest BCUT2D eigenvalue weighted by atomic mass is 10.1. The number of aromatic nitrogens is 4. The van der Waals surface area contributed by atoms with E-state index in [0.29, 0.717) is 22.4 Å². The van der Waals surface area contributed by atoms with E-state index in [1.807, 2.05) is 0 Å². The van der Waals surface area contributed by atoms with Gasteiger partial charge in [0, 0.05) is 5.56 Å². The Labute approximate surface area is 105 Å². The largest absolute Gasteiger partial charge is 0.416 e. The Morgan fingerprint density at radius 1 is 1.05 bits per heavy atom. The minimum absolute atomic E-state index is 0.357. The van der Waals surface area contributed by atoms with Crippen molar-refractivity contribution in [1.82, 2.24) is 20.2 Å². The smallest absolute Gasteiger partial charge is 0.337 e. The van der Waals surface area contributed by atoms with Crippen molar-refractivity contribution in [2.75, 3.05) is 0 Å². The molecule has 96 valence electrons. The highest BCUT2D eigenvalue weighted by atomic mass is 19.4. The summed E-state index contributed by atoms with van der Waals surface area (Å²) in [5.74, 6) is 0.357. The molecular formula is C12H7F3N4. The predicted octanol–water partition coefficient (Wildman–Crippen LogP) is 3.04. The number of rotatable bonds is 1. The molecule has 0 radical (unpaired) electrons. The number of benzene rings is 1. The highest BCUT2D eigenvalue weighted by Crippen LogP contribution is 2.31. The summed E-state index contributed by atoms with van der Waals surface area (Å²) in [6.07, 6.45) is -1.45. The highest BCUT2D eigenvalue weighted by molar-refractivity contribution is 5.77. The molecule has 4 nitrogen and oxygen atoms in total. The van der Waals surface area contributed by atoms with E-state index in [1.165, 1.54) is 18.5 Å². The molecule has 3 aromatic rings. The van der Waals surface area contributed by atoms with Crippen molar-refractivity contribution in [2.24, 2.45) is 0 Å². The van der Waals surface area contributed by atoms with E-state index in [0.717, 1.165) is 12.1 Å². The van der Waals surface area contributed by atoms with Crippen LogP contribution < -0.4 is 0 Å². The summed E-state index contributed by atoms with van der Waals surface area (Å²) in [5, 5.41) is 7.34. The second-order valence-corrected chi connectivity index (χ2v) is 3.95. The van der Waals surface area contributed by atoms with E-state index in [9.17, 15) is 13.2 Å². The SMILES string of the molecule is FC(F)(F)c1cccc(-c2nc3cnncc3[nH]2)c1. The Bertz CT molecular complexity index is 700. The van der Waals surface area contributed by atoms with Crippen LogP contribution in [0, 0.1) is 0 Å². The van der Waals surface area contributed by atoms with E-state index in [4.69, 9.17) is 0 Å². The van der Waals surface area contributed by atoms with E-state index in [1.54, 1.807) is 6.07 Å². The fraction of sp³-hybridized carbons (Fsp3) is 0.0833. The van der Waals surface area contributed by atoms with Gasteiger partial charge in [-0.25, -0.2) is 4.98 Å². The monoisotopic (exact) mass is 264 g/mol. The Morgan fingerprint density at radius 2 is 1.84 bits per heavy atom. The van der Waals surface area contributed by atoms with E-state index < -0.39 is 11.7 Å². The average Bonchev–Trinajstić information content (AvgIpc) is 2.81. The first-order chi connectivity index (χ1) is 9.04. The van der Waals surface area contributed by atoms with Gasteiger partial charge in [-0.15, -0.1) is 0 Å². The van der Waals surface area contributed by atoms with Gasteiger partial charge in [-0.05, 0) is 12.1 Å². The van der Waals surface area contributed by atoms with Crippen molar-refractivity contribution in [1.29, 1.82) is 0 Å². The van der Waals surface area contributed by atoms with Crippen molar-refractivity contribution in [3.8, 4) is 11.4 Å². The summed E-state index contributed by atoms with van der Waals surface area (Å²) < 4.78 is 37.9. The van der Waals surface area contributed by atoms with Gasteiger partial charge in [0.05, 0.1) is 23.5 Å². The van der Waals surface area contributed by atoms with Gasteiger partial charge in [-0.2, -0.15) is 23.4 Å². The molecule has 0 saturated carbocycles. The molecular weight excluding hydrogens is 257 g/mol. The van der Waals surface area contributed by atoms with Crippen molar-refractivity contribution in [2.45, 2.75) is 6.18 Å². The molecule has 0 unspecified atom stereocenters. The number of H-pyrrole nitrogens is 1. The van der Waals surface area contributed by atoms with Gasteiger partial charge >= 0.3 is 6.18 Å². The first kappa shape index (κ1) is 11.6. The number of fused-ring (bicyclic) bond motifs is 1. The summed E-state index contributed by atoms with van der Waals surface area (Å²) in [6.45, 7) is 0. The second-order valence-electron chi connectivity index (χ2n) is 3.95. The number of nitrogens with one attached hydrogen (secondary N) is 1. The molecule has 0 aliphatic carbocycles. The molecule has 1 N–H and O–H groups in total. The molecule has 3 rings (SSSR count). The fourth-order valence-electron chi connectivity index (χ4n) is 1.76. The van der Waals surface area contributed by atoms with Gasteiger partial charge in [-0.1, -0.05) is 12.1 Å². The predicted molar refractivity (Wildman–Crippen MR) is 62.1 cm³/mol. The van der Waals surface area contributed by atoms with E-state index in [-0.39, 0.29) is 0 Å². The summed E-state index contributed by atoms with van der Waals surface area (Å²) in [7, 11) is 0. The van der Waals surface area contributed by atoms with E-state index >= 15 is 0 Å². The minimum Gasteiger partial charge on any atom is -0.337 e. The van der Waals surface area contributed by atoms with Crippen LogP contribution in [-0.4, -0.2) is 20.2 Å². The fourth-order valence-corrected chi connectivity index (χ4v) is 1.76. The maximum absolute atomic E-state index is 12.6. The van der Waals surface area contributed by atoms with Crippen molar-refractivity contribution in [3.05, 3.63) is 42.2 Å². The highest BCUT2D eigenvalue weighted by Gasteiger charge is 2.30. The normalized spacial score (nSPS) is 11.9. The number of hydrogen-bond acceptors (Lipinski definition) is 3. The number of hydrogen-bond donors (Lipinski definition) is 1. The maximum atomic E-state index is 12.6. The van der Waals surface area contributed by atoms with Crippen molar-refractivity contribution >= 4 is 11.0 Å². The van der Waals surface area contributed by atoms with Crippen LogP contribution in [0.1, 0.15) is 5.56 Å². The zero-order valence-corrected chi connectivity index (χ0v) is 9.44. The standard InChI is InChI=1S/C12H7F3N4/c13-12(14,15)8-3-1-2-7(4-8)11-18-9-5-16-17-6-10(9)19-11/h1-6H,(H,18,19). The number of nitrogens with zero attached hydrogens (tertiary/aromatic N) is 3.